The van der Waals surface area contributed by atoms with Crippen LogP contribution in [0.3, 0.4) is 0 Å². The van der Waals surface area contributed by atoms with E-state index in [0.717, 1.165) is 11.1 Å². The standard InChI is InChI=1S/C20H23NO4/c1-14-8-10-17(11-9-14)25-15(2)20(24)21-18(12-13-19(22)23)16-6-4-3-5-7-16/h3-11,15,18H,12-13H2,1-2H3,(H,21,24)(H,22,23). The Morgan fingerprint density at radius 1 is 1.08 bits per heavy atom. The van der Waals surface area contributed by atoms with Crippen molar-refractivity contribution in [2.45, 2.75) is 38.8 Å². The lowest BCUT2D eigenvalue weighted by atomic mass is 10.0. The summed E-state index contributed by atoms with van der Waals surface area (Å²) in [4.78, 5) is 23.3. The Labute approximate surface area is 147 Å². The number of nitrogens with one attached hydrogen (secondary N) is 1. The summed E-state index contributed by atoms with van der Waals surface area (Å²) in [6.07, 6.45) is -0.381. The molecule has 0 saturated carbocycles. The highest BCUT2D eigenvalue weighted by Crippen LogP contribution is 2.19. The molecule has 0 radical (unpaired) electrons. The monoisotopic (exact) mass is 341 g/mol. The van der Waals surface area contributed by atoms with Gasteiger partial charge in [0.1, 0.15) is 5.75 Å². The zero-order valence-corrected chi connectivity index (χ0v) is 14.4. The SMILES string of the molecule is Cc1ccc(OC(C)C(=O)NC(CCC(=O)O)c2ccccc2)cc1. The van der Waals surface area contributed by atoms with Crippen molar-refractivity contribution >= 4 is 11.9 Å². The second kappa shape index (κ2) is 8.87. The fraction of sp³-hybridized carbons (Fsp3) is 0.300. The first kappa shape index (κ1) is 18.5. The zero-order chi connectivity index (χ0) is 18.2. The molecule has 2 N–H and O–H groups in total. The number of aliphatic carboxylic acids is 1. The average Bonchev–Trinajstić information content (AvgIpc) is 2.61. The molecule has 2 aromatic carbocycles. The van der Waals surface area contributed by atoms with Gasteiger partial charge in [0.2, 0.25) is 0 Å². The van der Waals surface area contributed by atoms with E-state index in [2.05, 4.69) is 5.32 Å². The molecular formula is C20H23NO4. The van der Waals surface area contributed by atoms with E-state index in [9.17, 15) is 9.59 Å². The second-order valence-electron chi connectivity index (χ2n) is 5.98. The van der Waals surface area contributed by atoms with E-state index in [1.54, 1.807) is 6.92 Å². The number of ether oxygens (including phenoxy) is 1. The number of carboxylic acids is 1. The number of amides is 1. The van der Waals surface area contributed by atoms with Crippen LogP contribution in [-0.2, 0) is 9.59 Å². The Morgan fingerprint density at radius 2 is 1.72 bits per heavy atom. The predicted octanol–water partition coefficient (Wildman–Crippen LogP) is 3.48. The van der Waals surface area contributed by atoms with Crippen LogP contribution in [0.5, 0.6) is 5.75 Å². The van der Waals surface area contributed by atoms with Crippen molar-refractivity contribution in [2.24, 2.45) is 0 Å². The van der Waals surface area contributed by atoms with Gasteiger partial charge in [-0.3, -0.25) is 9.59 Å². The minimum Gasteiger partial charge on any atom is -0.481 e. The molecular weight excluding hydrogens is 318 g/mol. The molecule has 25 heavy (non-hydrogen) atoms. The van der Waals surface area contributed by atoms with Crippen molar-refractivity contribution in [3.8, 4) is 5.75 Å². The first-order valence-electron chi connectivity index (χ1n) is 8.26. The maximum Gasteiger partial charge on any atom is 0.303 e. The molecule has 0 aliphatic rings. The third-order valence-electron chi connectivity index (χ3n) is 3.87. The molecule has 0 aliphatic carbocycles. The van der Waals surface area contributed by atoms with Gasteiger partial charge in [-0.1, -0.05) is 48.0 Å². The normalized spacial score (nSPS) is 12.9. The molecule has 1 amide bonds. The van der Waals surface area contributed by atoms with E-state index in [1.807, 2.05) is 61.5 Å². The Balaban J connectivity index is 2.02. The molecule has 2 atom stereocenters. The van der Waals surface area contributed by atoms with Gasteiger partial charge in [-0.25, -0.2) is 0 Å². The van der Waals surface area contributed by atoms with Crippen LogP contribution in [0, 0.1) is 6.92 Å². The van der Waals surface area contributed by atoms with E-state index >= 15 is 0 Å². The highest BCUT2D eigenvalue weighted by Gasteiger charge is 2.21. The first-order valence-corrected chi connectivity index (χ1v) is 8.26. The van der Waals surface area contributed by atoms with E-state index in [-0.39, 0.29) is 18.4 Å². The maximum atomic E-state index is 12.5. The Kier molecular flexibility index (Phi) is 6.57. The minimum absolute atomic E-state index is 0.0208. The lowest BCUT2D eigenvalue weighted by molar-refractivity contribution is -0.137. The van der Waals surface area contributed by atoms with Crippen LogP contribution in [0.2, 0.25) is 0 Å². The quantitative estimate of drug-likeness (QED) is 0.771. The van der Waals surface area contributed by atoms with Gasteiger partial charge in [-0.15, -0.1) is 0 Å². The Hall–Kier alpha value is -2.82. The lowest BCUT2D eigenvalue weighted by Gasteiger charge is -2.21. The van der Waals surface area contributed by atoms with E-state index < -0.39 is 12.1 Å². The number of benzene rings is 2. The second-order valence-corrected chi connectivity index (χ2v) is 5.98. The van der Waals surface area contributed by atoms with Crippen molar-refractivity contribution in [1.29, 1.82) is 0 Å². The van der Waals surface area contributed by atoms with E-state index in [0.29, 0.717) is 12.2 Å². The summed E-state index contributed by atoms with van der Waals surface area (Å²) in [5, 5.41) is 11.8. The van der Waals surface area contributed by atoms with Gasteiger partial charge in [0.05, 0.1) is 6.04 Å². The molecule has 2 rings (SSSR count). The molecule has 2 unspecified atom stereocenters. The van der Waals surface area contributed by atoms with Gasteiger partial charge >= 0.3 is 5.97 Å². The molecule has 0 bridgehead atoms. The maximum absolute atomic E-state index is 12.5. The molecule has 0 fully saturated rings. The summed E-state index contributed by atoms with van der Waals surface area (Å²) < 4.78 is 5.67. The highest BCUT2D eigenvalue weighted by molar-refractivity contribution is 5.81. The molecule has 0 heterocycles. The van der Waals surface area contributed by atoms with Gasteiger partial charge in [-0.05, 0) is 38.0 Å². The predicted molar refractivity (Wildman–Crippen MR) is 95.5 cm³/mol. The van der Waals surface area contributed by atoms with Crippen LogP contribution < -0.4 is 10.1 Å². The fourth-order valence-corrected chi connectivity index (χ4v) is 2.44. The van der Waals surface area contributed by atoms with Gasteiger partial charge in [-0.2, -0.15) is 0 Å². The van der Waals surface area contributed by atoms with Crippen molar-refractivity contribution in [3.05, 3.63) is 65.7 Å². The van der Waals surface area contributed by atoms with Gasteiger partial charge in [0.15, 0.2) is 6.10 Å². The molecule has 0 aromatic heterocycles. The van der Waals surface area contributed by atoms with E-state index in [4.69, 9.17) is 9.84 Å². The summed E-state index contributed by atoms with van der Waals surface area (Å²) in [5.74, 6) is -0.547. The topological polar surface area (TPSA) is 75.6 Å². The number of carboxylic acid groups (broad SMARTS) is 1. The Bertz CT molecular complexity index is 697. The molecule has 0 aliphatic heterocycles. The van der Waals surface area contributed by atoms with Crippen LogP contribution in [-0.4, -0.2) is 23.1 Å². The molecule has 5 nitrogen and oxygen atoms in total. The van der Waals surface area contributed by atoms with Crippen molar-refractivity contribution in [1.82, 2.24) is 5.32 Å². The highest BCUT2D eigenvalue weighted by atomic mass is 16.5. The minimum atomic E-state index is -0.890. The largest absolute Gasteiger partial charge is 0.481 e. The van der Waals surface area contributed by atoms with Crippen LogP contribution in [0.1, 0.15) is 36.9 Å². The van der Waals surface area contributed by atoms with Crippen LogP contribution in [0.4, 0.5) is 0 Å². The number of carbonyl (C=O) groups excluding carboxylic acids is 1. The number of rotatable bonds is 8. The van der Waals surface area contributed by atoms with Crippen LogP contribution in [0.25, 0.3) is 0 Å². The van der Waals surface area contributed by atoms with Gasteiger partial charge < -0.3 is 15.2 Å². The smallest absolute Gasteiger partial charge is 0.303 e. The number of hydrogen-bond acceptors (Lipinski definition) is 3. The number of carbonyl (C=O) groups is 2. The third-order valence-corrected chi connectivity index (χ3v) is 3.87. The number of hydrogen-bond donors (Lipinski definition) is 2. The molecule has 2 aromatic rings. The Morgan fingerprint density at radius 3 is 2.32 bits per heavy atom. The number of aryl methyl sites for hydroxylation is 1. The van der Waals surface area contributed by atoms with Crippen LogP contribution >= 0.6 is 0 Å². The summed E-state index contributed by atoms with van der Waals surface area (Å²) in [7, 11) is 0. The van der Waals surface area contributed by atoms with Crippen molar-refractivity contribution in [3.63, 3.8) is 0 Å². The average molecular weight is 341 g/mol. The van der Waals surface area contributed by atoms with Crippen LogP contribution in [0.15, 0.2) is 54.6 Å². The third kappa shape index (κ3) is 5.95. The molecule has 0 saturated heterocycles. The fourth-order valence-electron chi connectivity index (χ4n) is 2.44. The molecule has 5 heteroatoms. The van der Waals surface area contributed by atoms with E-state index in [1.165, 1.54) is 0 Å². The molecule has 0 spiro atoms. The summed E-state index contributed by atoms with van der Waals surface area (Å²) in [5.41, 5.74) is 1.99. The van der Waals surface area contributed by atoms with Crippen molar-refractivity contribution in [2.75, 3.05) is 0 Å². The lowest BCUT2D eigenvalue weighted by Crippen LogP contribution is -2.38. The van der Waals surface area contributed by atoms with Gasteiger partial charge in [0.25, 0.3) is 5.91 Å². The molecule has 132 valence electrons. The first-order chi connectivity index (χ1) is 12.0. The van der Waals surface area contributed by atoms with Gasteiger partial charge in [0, 0.05) is 6.42 Å². The summed E-state index contributed by atoms with van der Waals surface area (Å²) in [6.45, 7) is 3.65. The van der Waals surface area contributed by atoms with Crippen molar-refractivity contribution < 1.29 is 19.4 Å². The summed E-state index contributed by atoms with van der Waals surface area (Å²) in [6, 6.07) is 16.5. The zero-order valence-electron chi connectivity index (χ0n) is 14.4. The summed E-state index contributed by atoms with van der Waals surface area (Å²) >= 11 is 0.